The summed E-state index contributed by atoms with van der Waals surface area (Å²) in [6, 6.07) is 9.48. The van der Waals surface area contributed by atoms with Crippen LogP contribution in [-0.2, 0) is 17.9 Å². The summed E-state index contributed by atoms with van der Waals surface area (Å²) in [4.78, 5) is 15.0. The molecule has 5 rings (SSSR count). The van der Waals surface area contributed by atoms with Gasteiger partial charge in [-0.15, -0.1) is 10.2 Å². The molecule has 1 amide bonds. The zero-order chi connectivity index (χ0) is 21.9. The summed E-state index contributed by atoms with van der Waals surface area (Å²) in [5, 5.41) is 12.2. The third kappa shape index (κ3) is 4.40. The van der Waals surface area contributed by atoms with Crippen LogP contribution in [0.5, 0.6) is 11.5 Å². The number of furan rings is 1. The first-order chi connectivity index (χ1) is 15.7. The highest BCUT2D eigenvalue weighted by Crippen LogP contribution is 2.32. The molecule has 0 radical (unpaired) electrons. The Hall–Kier alpha value is -3.14. The number of hydrogen-bond donors (Lipinski definition) is 1. The Bertz CT molecular complexity index is 1080. The quantitative estimate of drug-likeness (QED) is 0.518. The Morgan fingerprint density at radius 1 is 1.19 bits per heavy atom. The van der Waals surface area contributed by atoms with Crippen LogP contribution in [0.3, 0.4) is 0 Å². The van der Waals surface area contributed by atoms with Crippen LogP contribution in [0.15, 0.2) is 46.2 Å². The highest BCUT2D eigenvalue weighted by atomic mass is 32.2. The van der Waals surface area contributed by atoms with Crippen molar-refractivity contribution < 1.29 is 18.7 Å². The van der Waals surface area contributed by atoms with E-state index in [1.54, 1.807) is 6.26 Å². The van der Waals surface area contributed by atoms with E-state index in [1.807, 2.05) is 41.8 Å². The first kappa shape index (κ1) is 20.7. The van der Waals surface area contributed by atoms with Gasteiger partial charge in [0.15, 0.2) is 16.7 Å². The molecule has 2 aromatic heterocycles. The molecule has 0 saturated carbocycles. The van der Waals surface area contributed by atoms with E-state index in [2.05, 4.69) is 20.4 Å². The van der Waals surface area contributed by atoms with Crippen molar-refractivity contribution in [3.63, 3.8) is 0 Å². The summed E-state index contributed by atoms with van der Waals surface area (Å²) in [6.07, 6.45) is 3.96. The average Bonchev–Trinajstić information content (AvgIpc) is 3.60. The summed E-state index contributed by atoms with van der Waals surface area (Å²) in [5.41, 5.74) is 0.956. The summed E-state index contributed by atoms with van der Waals surface area (Å²) in [5.74, 6) is 3.03. The highest BCUT2D eigenvalue weighted by Gasteiger charge is 2.25. The lowest BCUT2D eigenvalue weighted by atomic mass is 10.2. The van der Waals surface area contributed by atoms with Crippen molar-refractivity contribution in [2.75, 3.05) is 24.8 Å². The van der Waals surface area contributed by atoms with Crippen molar-refractivity contribution in [3.05, 3.63) is 47.9 Å². The number of anilines is 1. The van der Waals surface area contributed by atoms with Gasteiger partial charge in [0, 0.05) is 19.6 Å². The van der Waals surface area contributed by atoms with E-state index in [9.17, 15) is 4.79 Å². The van der Waals surface area contributed by atoms with Crippen molar-refractivity contribution in [3.8, 4) is 11.5 Å². The van der Waals surface area contributed by atoms with Gasteiger partial charge in [0.05, 0.1) is 18.1 Å². The van der Waals surface area contributed by atoms with Gasteiger partial charge in [0.1, 0.15) is 5.76 Å². The number of carbonyl (C=O) groups is 1. The number of carbonyl (C=O) groups excluding carboxylic acids is 1. The first-order valence-corrected chi connectivity index (χ1v) is 11.6. The van der Waals surface area contributed by atoms with Gasteiger partial charge in [-0.25, -0.2) is 0 Å². The number of thioether (sulfide) groups is 1. The molecule has 1 aromatic carbocycles. The van der Waals surface area contributed by atoms with Crippen LogP contribution in [0.2, 0.25) is 0 Å². The zero-order valence-corrected chi connectivity index (χ0v) is 18.6. The van der Waals surface area contributed by atoms with Gasteiger partial charge in [-0.3, -0.25) is 9.36 Å². The van der Waals surface area contributed by atoms with E-state index in [1.165, 1.54) is 11.8 Å². The normalized spacial score (nSPS) is 15.8. The van der Waals surface area contributed by atoms with Crippen LogP contribution in [-0.4, -0.2) is 45.8 Å². The van der Waals surface area contributed by atoms with Crippen LogP contribution in [0.1, 0.15) is 31.1 Å². The van der Waals surface area contributed by atoms with Crippen LogP contribution in [0, 0.1) is 0 Å². The van der Waals surface area contributed by atoms with Gasteiger partial charge in [0.25, 0.3) is 0 Å². The monoisotopic (exact) mass is 455 g/mol. The molecule has 1 saturated heterocycles. The Kier molecular flexibility index (Phi) is 5.93. The fraction of sp³-hybridized carbons (Fsp3) is 0.409. The Morgan fingerprint density at radius 3 is 2.84 bits per heavy atom. The number of rotatable bonds is 8. The summed E-state index contributed by atoms with van der Waals surface area (Å²) < 4.78 is 18.3. The van der Waals surface area contributed by atoms with Crippen LogP contribution in [0.4, 0.5) is 5.95 Å². The minimum absolute atomic E-state index is 0.0667. The number of benzene rings is 1. The fourth-order valence-electron chi connectivity index (χ4n) is 3.81. The van der Waals surface area contributed by atoms with Gasteiger partial charge < -0.3 is 24.1 Å². The number of ether oxygens (including phenoxy) is 2. The van der Waals surface area contributed by atoms with Gasteiger partial charge in [-0.05, 0) is 49.6 Å². The molecule has 9 nitrogen and oxygen atoms in total. The third-order valence-electron chi connectivity index (χ3n) is 5.54. The van der Waals surface area contributed by atoms with Gasteiger partial charge >= 0.3 is 0 Å². The molecule has 0 aliphatic carbocycles. The molecule has 4 heterocycles. The Labute approximate surface area is 190 Å². The second-order valence-corrected chi connectivity index (χ2v) is 9.12. The smallest absolute Gasteiger partial charge is 0.233 e. The predicted molar refractivity (Wildman–Crippen MR) is 119 cm³/mol. The summed E-state index contributed by atoms with van der Waals surface area (Å²) in [7, 11) is 0. The maximum Gasteiger partial charge on any atom is 0.233 e. The van der Waals surface area contributed by atoms with Crippen LogP contribution >= 0.6 is 11.8 Å². The molecular weight excluding hydrogens is 430 g/mol. The predicted octanol–water partition coefficient (Wildman–Crippen LogP) is 3.05. The lowest BCUT2D eigenvalue weighted by Crippen LogP contribution is -2.30. The Morgan fingerprint density at radius 2 is 2.03 bits per heavy atom. The Balaban J connectivity index is 1.25. The molecule has 2 aliphatic heterocycles. The molecule has 32 heavy (non-hydrogen) atoms. The minimum Gasteiger partial charge on any atom is -0.467 e. The first-order valence-electron chi connectivity index (χ1n) is 10.7. The number of aromatic nitrogens is 3. The van der Waals surface area contributed by atoms with E-state index in [4.69, 9.17) is 13.9 Å². The number of amides is 1. The van der Waals surface area contributed by atoms with E-state index >= 15 is 0 Å². The molecule has 1 N–H and O–H groups in total. The zero-order valence-electron chi connectivity index (χ0n) is 17.8. The number of nitrogens with zero attached hydrogens (tertiary/aromatic N) is 4. The average molecular weight is 456 g/mol. The molecule has 3 aromatic rings. The van der Waals surface area contributed by atoms with Gasteiger partial charge in [-0.1, -0.05) is 17.8 Å². The number of hydrogen-bond acceptors (Lipinski definition) is 8. The maximum atomic E-state index is 12.8. The van der Waals surface area contributed by atoms with Crippen molar-refractivity contribution in [2.24, 2.45) is 0 Å². The summed E-state index contributed by atoms with van der Waals surface area (Å²) >= 11 is 1.40. The van der Waals surface area contributed by atoms with Crippen molar-refractivity contribution in [2.45, 2.75) is 43.3 Å². The molecule has 0 spiro atoms. The lowest BCUT2D eigenvalue weighted by molar-refractivity contribution is -0.120. The molecule has 168 valence electrons. The van der Waals surface area contributed by atoms with Gasteiger partial charge in [-0.2, -0.15) is 0 Å². The maximum absolute atomic E-state index is 12.8. The van der Waals surface area contributed by atoms with E-state index in [0.29, 0.717) is 24.0 Å². The van der Waals surface area contributed by atoms with E-state index in [-0.39, 0.29) is 18.0 Å². The van der Waals surface area contributed by atoms with Crippen LogP contribution in [0.25, 0.3) is 0 Å². The van der Waals surface area contributed by atoms with Crippen molar-refractivity contribution >= 4 is 23.6 Å². The molecule has 0 bridgehead atoms. The van der Waals surface area contributed by atoms with Crippen molar-refractivity contribution in [1.29, 1.82) is 0 Å². The molecule has 2 aliphatic rings. The second-order valence-electron chi connectivity index (χ2n) is 7.81. The molecule has 1 unspecified atom stereocenters. The molecular formula is C22H25N5O4S. The highest BCUT2D eigenvalue weighted by molar-refractivity contribution is 8.00. The standard InChI is InChI=1S/C22H25N5O4S/c1-15(20(28)23-12-16-6-7-18-19(11-16)31-14-30-18)32-22-25-24-21(26-8-2-3-9-26)27(22)13-17-5-4-10-29-17/h4-7,10-11,15H,2-3,8-9,12-14H2,1H3,(H,23,28). The molecule has 1 fully saturated rings. The SMILES string of the molecule is CC(Sc1nnc(N2CCCC2)n1Cc1ccco1)C(=O)NCc1ccc2c(c1)OCO2. The van der Waals surface area contributed by atoms with Crippen molar-refractivity contribution in [1.82, 2.24) is 20.1 Å². The number of nitrogens with one attached hydrogen (secondary N) is 1. The van der Waals surface area contributed by atoms with E-state index < -0.39 is 0 Å². The summed E-state index contributed by atoms with van der Waals surface area (Å²) in [6.45, 7) is 4.98. The van der Waals surface area contributed by atoms with Crippen LogP contribution < -0.4 is 19.7 Å². The number of fused-ring (bicyclic) bond motifs is 1. The topological polar surface area (TPSA) is 94.7 Å². The van der Waals surface area contributed by atoms with Gasteiger partial charge in [0.2, 0.25) is 18.6 Å². The largest absolute Gasteiger partial charge is 0.467 e. The molecule has 10 heteroatoms. The molecule has 1 atom stereocenters. The minimum atomic E-state index is -0.338. The fourth-order valence-corrected chi connectivity index (χ4v) is 4.68. The third-order valence-corrected chi connectivity index (χ3v) is 6.62. The van der Waals surface area contributed by atoms with E-state index in [0.717, 1.165) is 49.0 Å². The lowest BCUT2D eigenvalue weighted by Gasteiger charge is -2.18. The second kappa shape index (κ2) is 9.15.